The molecule has 2 rings (SSSR count). The van der Waals surface area contributed by atoms with Gasteiger partial charge in [0.05, 0.1) is 5.69 Å². The van der Waals surface area contributed by atoms with Gasteiger partial charge < -0.3 is 4.90 Å². The fourth-order valence-corrected chi connectivity index (χ4v) is 1.96. The van der Waals surface area contributed by atoms with Gasteiger partial charge in [-0.25, -0.2) is 13.8 Å². The highest BCUT2D eigenvalue weighted by Crippen LogP contribution is 2.28. The summed E-state index contributed by atoms with van der Waals surface area (Å²) in [4.78, 5) is 5.29. The number of aromatic nitrogens is 1. The molecule has 0 amide bonds. The third kappa shape index (κ3) is 1.90. The predicted octanol–water partition coefficient (Wildman–Crippen LogP) is 2.95. The third-order valence-corrected chi connectivity index (χ3v) is 2.69. The molecule has 1 aromatic carbocycles. The van der Waals surface area contributed by atoms with E-state index in [2.05, 4.69) is 10.5 Å². The van der Waals surface area contributed by atoms with Crippen LogP contribution in [0.4, 0.5) is 14.5 Å². The van der Waals surface area contributed by atoms with Crippen molar-refractivity contribution in [2.75, 3.05) is 19.0 Å². The highest BCUT2D eigenvalue weighted by molar-refractivity contribution is 7.07. The number of anilines is 1. The van der Waals surface area contributed by atoms with E-state index in [9.17, 15) is 8.78 Å². The van der Waals surface area contributed by atoms with Crippen molar-refractivity contribution in [1.29, 1.82) is 0 Å². The molecule has 1 heterocycles. The summed E-state index contributed by atoms with van der Waals surface area (Å²) in [6.07, 6.45) is 0. The van der Waals surface area contributed by atoms with Crippen LogP contribution >= 0.6 is 11.3 Å². The van der Waals surface area contributed by atoms with Gasteiger partial charge in [-0.1, -0.05) is 0 Å². The first-order valence-electron chi connectivity index (χ1n) is 4.58. The average Bonchev–Trinajstić information content (AvgIpc) is 2.67. The normalized spacial score (nSPS) is 10.5. The van der Waals surface area contributed by atoms with Gasteiger partial charge in [0.25, 0.3) is 0 Å². The second kappa shape index (κ2) is 4.17. The van der Waals surface area contributed by atoms with E-state index in [0.29, 0.717) is 11.3 Å². The van der Waals surface area contributed by atoms with Crippen LogP contribution in [0, 0.1) is 17.1 Å². The number of thiazole rings is 1. The van der Waals surface area contributed by atoms with Crippen molar-refractivity contribution in [1.82, 2.24) is 4.98 Å². The first kappa shape index (κ1) is 11.0. The Bertz CT molecular complexity index is 472. The molecular formula is C11H9F2N2S. The SMILES string of the molecule is CN(C)c1c(F)cc(-c2cs[c]n2)cc1F. The number of hydrogen-bond donors (Lipinski definition) is 0. The Morgan fingerprint density at radius 1 is 1.25 bits per heavy atom. The summed E-state index contributed by atoms with van der Waals surface area (Å²) in [5.74, 6) is -1.18. The quantitative estimate of drug-likeness (QED) is 0.801. The molecule has 0 atom stereocenters. The maximum atomic E-state index is 13.6. The van der Waals surface area contributed by atoms with E-state index in [1.54, 1.807) is 19.5 Å². The first-order valence-corrected chi connectivity index (χ1v) is 5.46. The summed E-state index contributed by atoms with van der Waals surface area (Å²) >= 11 is 1.27. The van der Waals surface area contributed by atoms with Crippen molar-refractivity contribution in [3.8, 4) is 11.3 Å². The average molecular weight is 239 g/mol. The molecule has 0 aliphatic rings. The molecule has 0 N–H and O–H groups in total. The highest BCUT2D eigenvalue weighted by atomic mass is 32.1. The van der Waals surface area contributed by atoms with Crippen LogP contribution < -0.4 is 4.90 Å². The van der Waals surface area contributed by atoms with Gasteiger partial charge in [0, 0.05) is 25.0 Å². The summed E-state index contributed by atoms with van der Waals surface area (Å²) in [6.45, 7) is 0. The van der Waals surface area contributed by atoms with E-state index in [-0.39, 0.29) is 5.69 Å². The molecule has 1 radical (unpaired) electrons. The van der Waals surface area contributed by atoms with Gasteiger partial charge >= 0.3 is 0 Å². The monoisotopic (exact) mass is 239 g/mol. The first-order chi connectivity index (χ1) is 7.59. The Morgan fingerprint density at radius 3 is 2.31 bits per heavy atom. The van der Waals surface area contributed by atoms with Crippen LogP contribution in [0.3, 0.4) is 0 Å². The van der Waals surface area contributed by atoms with Gasteiger partial charge in [-0.05, 0) is 12.1 Å². The Hall–Kier alpha value is -1.49. The second-order valence-electron chi connectivity index (χ2n) is 3.51. The van der Waals surface area contributed by atoms with Crippen LogP contribution in [0.5, 0.6) is 0 Å². The van der Waals surface area contributed by atoms with Crippen molar-refractivity contribution in [2.45, 2.75) is 0 Å². The van der Waals surface area contributed by atoms with Crippen LogP contribution in [0.15, 0.2) is 17.5 Å². The smallest absolute Gasteiger partial charge is 0.152 e. The molecule has 0 fully saturated rings. The van der Waals surface area contributed by atoms with E-state index in [1.165, 1.54) is 28.4 Å². The number of rotatable bonds is 2. The van der Waals surface area contributed by atoms with Crippen LogP contribution in [0.1, 0.15) is 0 Å². The van der Waals surface area contributed by atoms with Crippen molar-refractivity contribution in [2.24, 2.45) is 0 Å². The number of benzene rings is 1. The number of hydrogen-bond acceptors (Lipinski definition) is 3. The summed E-state index contributed by atoms with van der Waals surface area (Å²) in [5, 5.41) is 1.70. The summed E-state index contributed by atoms with van der Waals surface area (Å²) in [5.41, 5.74) is 3.57. The lowest BCUT2D eigenvalue weighted by molar-refractivity contribution is 0.582. The fraction of sp³-hybridized carbons (Fsp3) is 0.182. The van der Waals surface area contributed by atoms with E-state index in [4.69, 9.17) is 0 Å². The molecule has 0 saturated heterocycles. The van der Waals surface area contributed by atoms with E-state index in [0.717, 1.165) is 0 Å². The minimum absolute atomic E-state index is 0.0389. The molecule has 1 aromatic heterocycles. The summed E-state index contributed by atoms with van der Waals surface area (Å²) in [7, 11) is 3.19. The molecule has 2 nitrogen and oxygen atoms in total. The fourth-order valence-electron chi connectivity index (χ4n) is 1.46. The van der Waals surface area contributed by atoms with Crippen molar-refractivity contribution >= 4 is 17.0 Å². The van der Waals surface area contributed by atoms with Crippen LogP contribution in [-0.2, 0) is 0 Å². The lowest BCUT2D eigenvalue weighted by Gasteiger charge is -2.15. The van der Waals surface area contributed by atoms with E-state index in [1.807, 2.05) is 0 Å². The van der Waals surface area contributed by atoms with Crippen LogP contribution in [0.2, 0.25) is 0 Å². The van der Waals surface area contributed by atoms with Gasteiger partial charge in [0.15, 0.2) is 5.51 Å². The molecule has 0 saturated carbocycles. The van der Waals surface area contributed by atoms with Crippen LogP contribution in [0.25, 0.3) is 11.3 Å². The van der Waals surface area contributed by atoms with Crippen molar-refractivity contribution in [3.63, 3.8) is 0 Å². The van der Waals surface area contributed by atoms with Gasteiger partial charge in [0.2, 0.25) is 0 Å². The third-order valence-electron chi connectivity index (χ3n) is 2.15. The lowest BCUT2D eigenvalue weighted by atomic mass is 10.1. The van der Waals surface area contributed by atoms with Crippen molar-refractivity contribution in [3.05, 3.63) is 34.7 Å². The summed E-state index contributed by atoms with van der Waals surface area (Å²) < 4.78 is 27.3. The van der Waals surface area contributed by atoms with Gasteiger partial charge in [-0.2, -0.15) is 0 Å². The molecule has 0 spiro atoms. The van der Waals surface area contributed by atoms with E-state index >= 15 is 0 Å². The molecule has 16 heavy (non-hydrogen) atoms. The predicted molar refractivity (Wildman–Crippen MR) is 60.6 cm³/mol. The van der Waals surface area contributed by atoms with Gasteiger partial charge in [-0.15, -0.1) is 11.3 Å². The largest absolute Gasteiger partial charge is 0.373 e. The molecule has 0 bridgehead atoms. The number of nitrogens with zero attached hydrogens (tertiary/aromatic N) is 2. The molecule has 83 valence electrons. The van der Waals surface area contributed by atoms with Gasteiger partial charge in [0.1, 0.15) is 17.3 Å². The Morgan fingerprint density at radius 2 is 1.88 bits per heavy atom. The Kier molecular flexibility index (Phi) is 2.87. The zero-order chi connectivity index (χ0) is 11.7. The lowest BCUT2D eigenvalue weighted by Crippen LogP contribution is -2.12. The second-order valence-corrected chi connectivity index (χ2v) is 4.16. The van der Waals surface area contributed by atoms with Crippen molar-refractivity contribution < 1.29 is 8.78 Å². The maximum Gasteiger partial charge on any atom is 0.152 e. The minimum atomic E-state index is -0.590. The molecule has 2 aromatic rings. The van der Waals surface area contributed by atoms with Crippen LogP contribution in [-0.4, -0.2) is 19.1 Å². The maximum absolute atomic E-state index is 13.6. The molecule has 0 aliphatic heterocycles. The molecule has 5 heteroatoms. The highest BCUT2D eigenvalue weighted by Gasteiger charge is 2.14. The van der Waals surface area contributed by atoms with Gasteiger partial charge in [-0.3, -0.25) is 0 Å². The Balaban J connectivity index is 2.53. The Labute approximate surface area is 96.2 Å². The molecule has 0 unspecified atom stereocenters. The standard InChI is InChI=1S/C11H9F2N2S/c1-15(2)11-8(12)3-7(4-9(11)13)10-5-16-6-14-10/h3-5H,1-2H3. The summed E-state index contributed by atoms with van der Waals surface area (Å²) in [6, 6.07) is 2.56. The molecule has 0 aliphatic carbocycles. The topological polar surface area (TPSA) is 16.1 Å². The number of halogens is 2. The zero-order valence-corrected chi connectivity index (χ0v) is 9.61. The minimum Gasteiger partial charge on any atom is -0.373 e. The van der Waals surface area contributed by atoms with E-state index < -0.39 is 11.6 Å². The molecular weight excluding hydrogens is 230 g/mol. The zero-order valence-electron chi connectivity index (χ0n) is 8.79.